The molecule has 11 atom stereocenters. The molecule has 1 aromatic carbocycles. The summed E-state index contributed by atoms with van der Waals surface area (Å²) in [7, 11) is 10.5. The van der Waals surface area contributed by atoms with Crippen LogP contribution in [-0.2, 0) is 59.1 Å². The Hall–Kier alpha value is -6.00. The van der Waals surface area contributed by atoms with Crippen LogP contribution in [0.5, 0.6) is 0 Å². The highest BCUT2D eigenvalue weighted by atomic mass is 16.5. The summed E-state index contributed by atoms with van der Waals surface area (Å²) in [6, 6.07) is -0.559. The molecular formula is C60H102N10O12. The third-order valence-corrected chi connectivity index (χ3v) is 15.6. The molecule has 1 aromatic rings. The van der Waals surface area contributed by atoms with E-state index in [1.165, 1.54) is 94.5 Å². The van der Waals surface area contributed by atoms with E-state index in [4.69, 9.17) is 4.74 Å². The summed E-state index contributed by atoms with van der Waals surface area (Å²) in [5, 5.41) is 19.4. The Morgan fingerprint density at radius 2 is 1.17 bits per heavy atom. The van der Waals surface area contributed by atoms with Crippen LogP contribution in [-0.4, -0.2) is 233 Å². The van der Waals surface area contributed by atoms with E-state index in [-0.39, 0.29) is 75.3 Å². The van der Waals surface area contributed by atoms with Crippen LogP contribution in [0.1, 0.15) is 134 Å². The number of benzene rings is 1. The van der Waals surface area contributed by atoms with Crippen molar-refractivity contribution in [3.05, 3.63) is 35.9 Å². The molecule has 82 heavy (non-hydrogen) atoms. The predicted molar refractivity (Wildman–Crippen MR) is 314 cm³/mol. The summed E-state index contributed by atoms with van der Waals surface area (Å²) in [6.45, 7) is 22.4. The summed E-state index contributed by atoms with van der Waals surface area (Å²) in [4.78, 5) is 152. The molecule has 0 aliphatic carbocycles. The summed E-state index contributed by atoms with van der Waals surface area (Å²) in [5.41, 5.74) is 0.0858. The lowest BCUT2D eigenvalue weighted by Gasteiger charge is -2.38. The molecular weight excluding hydrogens is 1050 g/mol. The van der Waals surface area contributed by atoms with E-state index >= 15 is 0 Å². The first-order valence-electron chi connectivity index (χ1n) is 29.0. The molecule has 0 radical (unpaired) electrons. The number of hydrogen-bond acceptors (Lipinski definition) is 13. The number of hydrogen-bond donors (Lipinski definition) is 4. The summed E-state index contributed by atoms with van der Waals surface area (Å²) < 4.78 is 6.08. The van der Waals surface area contributed by atoms with Crippen molar-refractivity contribution in [2.75, 3.05) is 69.0 Å². The van der Waals surface area contributed by atoms with Gasteiger partial charge in [0.2, 0.25) is 53.2 Å². The largest absolute Gasteiger partial charge is 0.391 e. The van der Waals surface area contributed by atoms with Gasteiger partial charge < -0.3 is 55.2 Å². The number of nitrogens with zero attached hydrogens (tertiary/aromatic N) is 7. The Kier molecular flexibility index (Phi) is 28.8. The Labute approximate surface area is 489 Å². The molecule has 22 heteroatoms. The number of nitrogens with one attached hydrogen (secondary N) is 3. The lowest BCUT2D eigenvalue weighted by molar-refractivity contribution is -0.150. The van der Waals surface area contributed by atoms with E-state index in [1.54, 1.807) is 11.9 Å². The standard InChI is InChI=1S/C60H102N10O12/c1-21-38(6)53-55(77)62-44(35-82-60(11,12)13)32-49(73)61-39(7)56(78)65(15)41(9)58(80)69(19)46(31-43-25-23-22-24-26-43)48(72)34-64(14)28-27-50(74)68(18)47(30-37(4)5)54(76)63-52(42(10)71)59(81)66(16)40(8)57(79)67(17)45(29-36(2)3)33-51(75)70(53)20/h22-26,36-42,44-47,52-53,71H,21,27-35H2,1-20H3,(H,61,73)(H,62,77)(H,63,76)/t38-,39?,40-,41-,42+,44+,45-,46-,47?,52-,53-/m0/s1. The molecule has 464 valence electrons. The number of rotatable bonds is 11. The van der Waals surface area contributed by atoms with Crippen LogP contribution >= 0.6 is 0 Å². The van der Waals surface area contributed by atoms with E-state index in [0.29, 0.717) is 12.8 Å². The maximum atomic E-state index is 14.5. The minimum Gasteiger partial charge on any atom is -0.391 e. The molecule has 1 aliphatic rings. The van der Waals surface area contributed by atoms with E-state index in [9.17, 15) is 53.1 Å². The Bertz CT molecular complexity index is 2330. The second-order valence-corrected chi connectivity index (χ2v) is 24.6. The number of amides is 9. The zero-order valence-corrected chi connectivity index (χ0v) is 53.0. The second-order valence-electron chi connectivity index (χ2n) is 24.6. The number of carbonyl (C=O) groups excluding carboxylic acids is 10. The van der Waals surface area contributed by atoms with Gasteiger partial charge >= 0.3 is 0 Å². The number of Topliss-reactive ketones (excluding diaryl/α,β-unsaturated/α-hetero) is 1. The minimum absolute atomic E-state index is 0.00471. The molecule has 0 saturated carbocycles. The van der Waals surface area contributed by atoms with E-state index in [1.807, 2.05) is 92.6 Å². The van der Waals surface area contributed by atoms with Crippen LogP contribution in [0.2, 0.25) is 0 Å². The SMILES string of the molecule is CC[C@H](C)[C@H]1C(=O)N[C@@H](COC(C)(C)C)CC(=O)NC(C)C(=O)N(C)[C@@H](C)C(=O)N(C)[C@@H](Cc2ccccc2)C(=O)CN(C)CCC(=O)N(C)C(CC(C)C)C(=O)N[C@@H]([C@@H](C)O)C(=O)N(C)[C@@H](C)C(=O)N(C)[C@@H](CC(C)C)CC(=O)N1C. The highest BCUT2D eigenvalue weighted by molar-refractivity contribution is 5.96. The van der Waals surface area contributed by atoms with Gasteiger partial charge in [-0.25, -0.2) is 0 Å². The number of aliphatic hydroxyl groups is 1. The van der Waals surface area contributed by atoms with Crippen molar-refractivity contribution < 1.29 is 57.8 Å². The second kappa shape index (κ2) is 32.7. The van der Waals surface area contributed by atoms with Crippen LogP contribution in [0.15, 0.2) is 30.3 Å². The van der Waals surface area contributed by atoms with E-state index in [0.717, 1.165) is 10.5 Å². The Morgan fingerprint density at radius 3 is 1.70 bits per heavy atom. The van der Waals surface area contributed by atoms with Gasteiger partial charge in [0.15, 0.2) is 5.78 Å². The quantitative estimate of drug-likeness (QED) is 0.249. The molecule has 0 bridgehead atoms. The van der Waals surface area contributed by atoms with Crippen LogP contribution in [0.3, 0.4) is 0 Å². The number of carbonyl (C=O) groups is 10. The molecule has 2 rings (SSSR count). The van der Waals surface area contributed by atoms with Gasteiger partial charge in [-0.05, 0) is 98.1 Å². The lowest BCUT2D eigenvalue weighted by Crippen LogP contribution is -2.60. The first-order valence-corrected chi connectivity index (χ1v) is 29.0. The van der Waals surface area contributed by atoms with Crippen molar-refractivity contribution in [3.8, 4) is 0 Å². The van der Waals surface area contributed by atoms with Crippen molar-refractivity contribution in [1.82, 2.24) is 50.2 Å². The highest BCUT2D eigenvalue weighted by Gasteiger charge is 2.40. The van der Waals surface area contributed by atoms with Crippen molar-refractivity contribution in [2.24, 2.45) is 17.8 Å². The fourth-order valence-corrected chi connectivity index (χ4v) is 9.91. The third kappa shape index (κ3) is 21.6. The molecule has 4 N–H and O–H groups in total. The monoisotopic (exact) mass is 1150 g/mol. The fourth-order valence-electron chi connectivity index (χ4n) is 9.91. The van der Waals surface area contributed by atoms with Crippen molar-refractivity contribution in [1.29, 1.82) is 0 Å². The summed E-state index contributed by atoms with van der Waals surface area (Å²) in [6.07, 6.45) is -0.894. The van der Waals surface area contributed by atoms with E-state index < -0.39 is 119 Å². The fraction of sp³-hybridized carbons (Fsp3) is 0.733. The van der Waals surface area contributed by atoms with Gasteiger partial charge in [-0.1, -0.05) is 78.3 Å². The molecule has 2 unspecified atom stereocenters. The summed E-state index contributed by atoms with van der Waals surface area (Å²) >= 11 is 0. The predicted octanol–water partition coefficient (Wildman–Crippen LogP) is 2.72. The molecule has 0 aromatic heterocycles. The molecule has 0 spiro atoms. The Balaban J connectivity index is 2.77. The van der Waals surface area contributed by atoms with Gasteiger partial charge in [0, 0.05) is 74.1 Å². The van der Waals surface area contributed by atoms with Crippen LogP contribution in [0, 0.1) is 17.8 Å². The van der Waals surface area contributed by atoms with Crippen LogP contribution in [0.4, 0.5) is 0 Å². The smallest absolute Gasteiger partial charge is 0.248 e. The summed E-state index contributed by atoms with van der Waals surface area (Å²) in [5.74, 6) is -6.04. The van der Waals surface area contributed by atoms with Crippen molar-refractivity contribution in [3.63, 3.8) is 0 Å². The average molecular weight is 1160 g/mol. The first kappa shape index (κ1) is 72.1. The molecule has 9 amide bonds. The average Bonchev–Trinajstić information content (AvgIpc) is 3.56. The normalized spacial score (nSPS) is 26.7. The molecule has 22 nitrogen and oxygen atoms in total. The van der Waals surface area contributed by atoms with Crippen LogP contribution in [0.25, 0.3) is 0 Å². The molecule has 1 fully saturated rings. The van der Waals surface area contributed by atoms with Gasteiger partial charge in [-0.15, -0.1) is 0 Å². The molecule has 1 saturated heterocycles. The van der Waals surface area contributed by atoms with E-state index in [2.05, 4.69) is 16.0 Å². The first-order chi connectivity index (χ1) is 37.9. The molecule has 1 aliphatic heterocycles. The maximum absolute atomic E-state index is 14.5. The number of likely N-dealkylation sites (N-methyl/N-ethyl adjacent to an activating group) is 7. The van der Waals surface area contributed by atoms with Gasteiger partial charge in [0.1, 0.15) is 36.3 Å². The van der Waals surface area contributed by atoms with Crippen LogP contribution < -0.4 is 16.0 Å². The highest BCUT2D eigenvalue weighted by Crippen LogP contribution is 2.23. The lowest BCUT2D eigenvalue weighted by atomic mass is 9.94. The van der Waals surface area contributed by atoms with Gasteiger partial charge in [-0.2, -0.15) is 0 Å². The van der Waals surface area contributed by atoms with Crippen molar-refractivity contribution in [2.45, 2.75) is 201 Å². The number of aliphatic hydroxyl groups excluding tert-OH is 1. The Morgan fingerprint density at radius 1 is 0.622 bits per heavy atom. The minimum atomic E-state index is -1.53. The topological polar surface area (TPSA) is 259 Å². The zero-order valence-electron chi connectivity index (χ0n) is 53.0. The van der Waals surface area contributed by atoms with Gasteiger partial charge in [0.05, 0.1) is 36.9 Å². The van der Waals surface area contributed by atoms with Gasteiger partial charge in [0.25, 0.3) is 0 Å². The number of ketones is 1. The zero-order chi connectivity index (χ0) is 62.8. The molecule has 1 heterocycles. The van der Waals surface area contributed by atoms with Crippen molar-refractivity contribution >= 4 is 58.9 Å². The van der Waals surface area contributed by atoms with Gasteiger partial charge in [-0.3, -0.25) is 52.8 Å². The number of ether oxygens (including phenoxy) is 1. The maximum Gasteiger partial charge on any atom is 0.248 e. The third-order valence-electron chi connectivity index (χ3n) is 15.6.